The summed E-state index contributed by atoms with van der Waals surface area (Å²) in [7, 11) is 0. The number of pyridine rings is 1. The fourth-order valence-corrected chi connectivity index (χ4v) is 5.57. The summed E-state index contributed by atoms with van der Waals surface area (Å²) in [6.07, 6.45) is -6.70. The second kappa shape index (κ2) is 11.3. The van der Waals surface area contributed by atoms with E-state index in [1.54, 1.807) is 54.9 Å². The van der Waals surface area contributed by atoms with Crippen molar-refractivity contribution < 1.29 is 41.4 Å². The molecular weight excluding hydrogens is 540 g/mol. The summed E-state index contributed by atoms with van der Waals surface area (Å²) in [4.78, 5) is 18.8. The van der Waals surface area contributed by atoms with Gasteiger partial charge in [0.15, 0.2) is 0 Å². The lowest BCUT2D eigenvalue weighted by Gasteiger charge is -2.51. The van der Waals surface area contributed by atoms with Crippen LogP contribution in [0.5, 0.6) is 0 Å². The van der Waals surface area contributed by atoms with Crippen molar-refractivity contribution in [2.45, 2.75) is 43.4 Å². The summed E-state index contributed by atoms with van der Waals surface area (Å²) >= 11 is 0. The van der Waals surface area contributed by atoms with Gasteiger partial charge in [0.05, 0.1) is 11.8 Å². The number of carbonyl (C=O) groups is 1. The van der Waals surface area contributed by atoms with E-state index in [1.165, 1.54) is 17.1 Å². The summed E-state index contributed by atoms with van der Waals surface area (Å²) in [5.74, 6) is -1.14. The van der Waals surface area contributed by atoms with Crippen molar-refractivity contribution >= 4 is 11.5 Å². The monoisotopic (exact) mass is 569 g/mol. The van der Waals surface area contributed by atoms with Crippen LogP contribution in [0.3, 0.4) is 0 Å². The highest BCUT2D eigenvalue weighted by Crippen LogP contribution is 2.57. The van der Waals surface area contributed by atoms with Crippen LogP contribution in [0.15, 0.2) is 73.1 Å². The Bertz CT molecular complexity index is 1220. The Kier molecular flexibility index (Phi) is 8.44. The minimum Gasteiger partial charge on any atom is -0.481 e. The predicted molar refractivity (Wildman–Crippen MR) is 135 cm³/mol. The van der Waals surface area contributed by atoms with Crippen LogP contribution in [-0.2, 0) is 11.3 Å². The Balaban J connectivity index is 1.66. The molecule has 0 radical (unpaired) electrons. The van der Waals surface area contributed by atoms with Gasteiger partial charge in [-0.1, -0.05) is 48.6 Å². The van der Waals surface area contributed by atoms with Crippen LogP contribution in [0, 0.1) is 5.41 Å². The first kappa shape index (κ1) is 29.8. The van der Waals surface area contributed by atoms with Crippen LogP contribution in [-0.4, -0.2) is 81.1 Å². The normalized spacial score (nSPS) is 23.2. The molecule has 1 aliphatic carbocycles. The third-order valence-electron chi connectivity index (χ3n) is 7.66. The number of rotatable bonds is 8. The molecule has 1 aliphatic heterocycles. The number of piperazine rings is 1. The van der Waals surface area contributed by atoms with E-state index >= 15 is 0 Å². The van der Waals surface area contributed by atoms with E-state index in [9.17, 15) is 41.4 Å². The molecule has 0 amide bonds. The summed E-state index contributed by atoms with van der Waals surface area (Å²) in [5.41, 5.74) is -5.95. The minimum absolute atomic E-state index is 0.0812. The van der Waals surface area contributed by atoms with Gasteiger partial charge < -0.3 is 10.2 Å². The van der Waals surface area contributed by atoms with Gasteiger partial charge in [0, 0.05) is 51.2 Å². The number of hydrogen-bond acceptors (Lipinski definition) is 5. The van der Waals surface area contributed by atoms with Crippen molar-refractivity contribution in [3.63, 3.8) is 0 Å². The third-order valence-corrected chi connectivity index (χ3v) is 7.66. The number of aromatic nitrogens is 1. The average molecular weight is 570 g/mol. The van der Waals surface area contributed by atoms with Crippen LogP contribution >= 0.6 is 0 Å². The molecule has 40 heavy (non-hydrogen) atoms. The van der Waals surface area contributed by atoms with E-state index in [4.69, 9.17) is 0 Å². The molecule has 2 heterocycles. The smallest absolute Gasteiger partial charge is 0.427 e. The second-order valence-corrected chi connectivity index (χ2v) is 10.2. The number of alkyl halides is 6. The molecule has 0 bridgehead atoms. The second-order valence-electron chi connectivity index (χ2n) is 10.2. The van der Waals surface area contributed by atoms with Crippen LogP contribution in [0.4, 0.5) is 26.3 Å². The number of hydrogen-bond donors (Lipinski definition) is 2. The van der Waals surface area contributed by atoms with E-state index in [1.807, 2.05) is 4.90 Å². The van der Waals surface area contributed by atoms with E-state index in [-0.39, 0.29) is 26.1 Å². The van der Waals surface area contributed by atoms with Gasteiger partial charge in [-0.25, -0.2) is 0 Å². The molecule has 4 rings (SSSR count). The molecule has 1 unspecified atom stereocenters. The van der Waals surface area contributed by atoms with Crippen molar-refractivity contribution in [2.24, 2.45) is 5.41 Å². The van der Waals surface area contributed by atoms with Crippen molar-refractivity contribution in [3.05, 3.63) is 84.2 Å². The van der Waals surface area contributed by atoms with Crippen LogP contribution < -0.4 is 0 Å². The molecule has 2 N–H and O–H groups in total. The Labute approximate surface area is 227 Å². The molecule has 2 aliphatic rings. The highest BCUT2D eigenvalue weighted by molar-refractivity contribution is 5.75. The maximum absolute atomic E-state index is 14.2. The molecular formula is C28H29F6N3O3. The number of carboxylic acids is 1. The van der Waals surface area contributed by atoms with Gasteiger partial charge in [-0.05, 0) is 35.3 Å². The van der Waals surface area contributed by atoms with Crippen molar-refractivity contribution in [1.29, 1.82) is 0 Å². The summed E-state index contributed by atoms with van der Waals surface area (Å²) in [6.45, 7) is -0.234. The number of carboxylic acid groups (broad SMARTS) is 1. The Morgan fingerprint density at radius 3 is 2.20 bits per heavy atom. The minimum atomic E-state index is -6.03. The molecule has 216 valence electrons. The number of aliphatic hydroxyl groups is 1. The summed E-state index contributed by atoms with van der Waals surface area (Å²) in [5, 5.41) is 20.1. The molecule has 1 saturated heterocycles. The standard InChI is InChI=1S/C28H29F6N3O3/c29-27(30,31)26(40,28(32,33)34)25(10-6-22(7-11-25)21-4-2-1-3-5-21)19-36-14-15-37(23(18-36)16-24(38)39)17-20-8-12-35-13-9-20/h1-10,12-13,23,40H,11,14-19H2,(H,38,39)/t23-,25?/m1/s1. The summed E-state index contributed by atoms with van der Waals surface area (Å²) < 4.78 is 85.3. The highest BCUT2D eigenvalue weighted by Gasteiger charge is 2.78. The van der Waals surface area contributed by atoms with E-state index in [0.29, 0.717) is 17.7 Å². The fourth-order valence-electron chi connectivity index (χ4n) is 5.57. The Morgan fingerprint density at radius 2 is 1.65 bits per heavy atom. The molecule has 6 nitrogen and oxygen atoms in total. The van der Waals surface area contributed by atoms with Crippen molar-refractivity contribution in [2.75, 3.05) is 26.2 Å². The topological polar surface area (TPSA) is 76.9 Å². The molecule has 0 spiro atoms. The summed E-state index contributed by atoms with van der Waals surface area (Å²) in [6, 6.07) is 11.3. The number of benzene rings is 1. The maximum atomic E-state index is 14.2. The Morgan fingerprint density at radius 1 is 1.00 bits per heavy atom. The maximum Gasteiger partial charge on any atom is 0.427 e. The van der Waals surface area contributed by atoms with E-state index in [0.717, 1.165) is 11.6 Å². The zero-order valence-electron chi connectivity index (χ0n) is 21.4. The first-order chi connectivity index (χ1) is 18.8. The number of nitrogens with zero attached hydrogens (tertiary/aromatic N) is 3. The van der Waals surface area contributed by atoms with Gasteiger partial charge in [0.1, 0.15) is 0 Å². The lowest BCUT2D eigenvalue weighted by Crippen LogP contribution is -2.70. The van der Waals surface area contributed by atoms with Gasteiger partial charge in [0.2, 0.25) is 0 Å². The molecule has 1 aromatic heterocycles. The largest absolute Gasteiger partial charge is 0.481 e. The molecule has 2 atom stereocenters. The zero-order valence-corrected chi connectivity index (χ0v) is 21.4. The van der Waals surface area contributed by atoms with E-state index in [2.05, 4.69) is 4.98 Å². The quantitative estimate of drug-likeness (QED) is 0.440. The molecule has 1 aromatic carbocycles. The molecule has 1 fully saturated rings. The Hall–Kier alpha value is -3.22. The van der Waals surface area contributed by atoms with Gasteiger partial charge in [-0.15, -0.1) is 0 Å². The van der Waals surface area contributed by atoms with Crippen LogP contribution in [0.2, 0.25) is 0 Å². The SMILES string of the molecule is O=C(O)C[C@@H]1CN(CC2(C(O)(C(F)(F)F)C(F)(F)F)C=CC(c3ccccc3)=CC2)CCN1Cc1ccncc1. The van der Waals surface area contributed by atoms with E-state index < -0.39 is 48.3 Å². The zero-order chi connectivity index (χ0) is 29.2. The first-order valence-corrected chi connectivity index (χ1v) is 12.6. The highest BCUT2D eigenvalue weighted by atomic mass is 19.4. The van der Waals surface area contributed by atoms with Gasteiger partial charge in [-0.2, -0.15) is 26.3 Å². The van der Waals surface area contributed by atoms with Gasteiger partial charge >= 0.3 is 18.3 Å². The number of aliphatic carboxylic acids is 1. The van der Waals surface area contributed by atoms with Gasteiger partial charge in [0.25, 0.3) is 5.60 Å². The van der Waals surface area contributed by atoms with Crippen LogP contribution in [0.1, 0.15) is 24.0 Å². The predicted octanol–water partition coefficient (Wildman–Crippen LogP) is 4.93. The average Bonchev–Trinajstić information content (AvgIpc) is 2.89. The van der Waals surface area contributed by atoms with Crippen molar-refractivity contribution in [1.82, 2.24) is 14.8 Å². The van der Waals surface area contributed by atoms with Gasteiger partial charge in [-0.3, -0.25) is 19.6 Å². The lowest BCUT2D eigenvalue weighted by molar-refractivity contribution is -0.398. The fraction of sp³-hybridized carbons (Fsp3) is 0.429. The first-order valence-electron chi connectivity index (χ1n) is 12.6. The number of halogens is 6. The molecule has 0 saturated carbocycles. The molecule has 2 aromatic rings. The number of allylic oxidation sites excluding steroid dienone is 3. The van der Waals surface area contributed by atoms with Crippen molar-refractivity contribution in [3.8, 4) is 0 Å². The third kappa shape index (κ3) is 5.93. The molecule has 12 heteroatoms. The lowest BCUT2D eigenvalue weighted by atomic mass is 9.65. The van der Waals surface area contributed by atoms with Crippen LogP contribution in [0.25, 0.3) is 5.57 Å².